The van der Waals surface area contributed by atoms with Crippen molar-refractivity contribution in [2.75, 3.05) is 5.32 Å². The Labute approximate surface area is 93.4 Å². The van der Waals surface area contributed by atoms with E-state index in [0.29, 0.717) is 5.82 Å². The average molecular weight is 217 g/mol. The molecule has 2 rings (SSSR count). The first-order valence-electron chi connectivity index (χ1n) is 4.97. The maximum absolute atomic E-state index is 12.9. The van der Waals surface area contributed by atoms with E-state index in [4.69, 9.17) is 0 Å². The van der Waals surface area contributed by atoms with E-state index < -0.39 is 5.95 Å². The third-order valence-corrected chi connectivity index (χ3v) is 2.29. The predicted molar refractivity (Wildman–Crippen MR) is 61.2 cm³/mol. The predicted octanol–water partition coefficient (Wildman–Crippen LogP) is 2.98. The van der Waals surface area contributed by atoms with E-state index in [9.17, 15) is 4.39 Å². The topological polar surface area (TPSA) is 37.8 Å². The van der Waals surface area contributed by atoms with Crippen LogP contribution < -0.4 is 5.32 Å². The largest absolute Gasteiger partial charge is 0.340 e. The average Bonchev–Trinajstić information content (AvgIpc) is 2.24. The first-order chi connectivity index (χ1) is 7.65. The molecule has 0 aliphatic rings. The molecule has 1 aromatic heterocycles. The van der Waals surface area contributed by atoms with Gasteiger partial charge in [-0.2, -0.15) is 4.39 Å². The Morgan fingerprint density at radius 3 is 2.69 bits per heavy atom. The highest BCUT2D eigenvalue weighted by atomic mass is 19.1. The van der Waals surface area contributed by atoms with Gasteiger partial charge in [-0.3, -0.25) is 0 Å². The van der Waals surface area contributed by atoms with E-state index >= 15 is 0 Å². The number of benzene rings is 1. The van der Waals surface area contributed by atoms with Crippen LogP contribution in [-0.4, -0.2) is 9.97 Å². The highest BCUT2D eigenvalue weighted by Gasteiger charge is 2.01. The van der Waals surface area contributed by atoms with Gasteiger partial charge in [0.25, 0.3) is 0 Å². The van der Waals surface area contributed by atoms with Gasteiger partial charge >= 0.3 is 0 Å². The van der Waals surface area contributed by atoms with Crippen LogP contribution in [-0.2, 0) is 0 Å². The molecule has 4 heteroatoms. The number of aromatic nitrogens is 2. The Hall–Kier alpha value is -1.97. The zero-order valence-electron chi connectivity index (χ0n) is 9.16. The fourth-order valence-electron chi connectivity index (χ4n) is 1.41. The number of hydrogen-bond donors (Lipinski definition) is 1. The Kier molecular flexibility index (Phi) is 2.81. The van der Waals surface area contributed by atoms with Crippen LogP contribution >= 0.6 is 0 Å². The summed E-state index contributed by atoms with van der Waals surface area (Å²) in [6.07, 6.45) is 1.20. The Balaban J connectivity index is 2.30. The number of anilines is 2. The minimum absolute atomic E-state index is 0.459. The van der Waals surface area contributed by atoms with Gasteiger partial charge in [-0.1, -0.05) is 12.1 Å². The molecule has 2 aromatic rings. The molecular weight excluding hydrogens is 205 g/mol. The van der Waals surface area contributed by atoms with Crippen molar-refractivity contribution in [1.82, 2.24) is 9.97 Å². The molecule has 1 heterocycles. The molecule has 0 saturated carbocycles. The van der Waals surface area contributed by atoms with Crippen molar-refractivity contribution in [2.24, 2.45) is 0 Å². The molecule has 0 saturated heterocycles. The minimum Gasteiger partial charge on any atom is -0.340 e. The van der Waals surface area contributed by atoms with Crippen LogP contribution in [0, 0.1) is 19.8 Å². The van der Waals surface area contributed by atoms with Crippen molar-refractivity contribution in [3.63, 3.8) is 0 Å². The summed E-state index contributed by atoms with van der Waals surface area (Å²) in [6.45, 7) is 3.99. The Bertz CT molecular complexity index is 511. The molecule has 0 aliphatic carbocycles. The number of hydrogen-bond acceptors (Lipinski definition) is 3. The van der Waals surface area contributed by atoms with Gasteiger partial charge in [0.1, 0.15) is 12.1 Å². The molecule has 0 aliphatic heterocycles. The van der Waals surface area contributed by atoms with Crippen LogP contribution in [0.5, 0.6) is 0 Å². The third-order valence-electron chi connectivity index (χ3n) is 2.29. The monoisotopic (exact) mass is 217 g/mol. The zero-order valence-corrected chi connectivity index (χ0v) is 9.16. The summed E-state index contributed by atoms with van der Waals surface area (Å²) in [5.74, 6) is -0.0796. The van der Waals surface area contributed by atoms with Gasteiger partial charge in [0, 0.05) is 11.8 Å². The van der Waals surface area contributed by atoms with Gasteiger partial charge in [-0.15, -0.1) is 0 Å². The van der Waals surface area contributed by atoms with Crippen molar-refractivity contribution >= 4 is 11.5 Å². The van der Waals surface area contributed by atoms with Gasteiger partial charge in [-0.05, 0) is 31.0 Å². The maximum Gasteiger partial charge on any atom is 0.218 e. The molecule has 3 nitrogen and oxygen atoms in total. The first-order valence-corrected chi connectivity index (χ1v) is 4.97. The lowest BCUT2D eigenvalue weighted by atomic mass is 10.1. The first kappa shape index (κ1) is 10.5. The minimum atomic E-state index is -0.539. The molecule has 0 bridgehead atoms. The molecule has 0 fully saturated rings. The SMILES string of the molecule is Cc1ccc(C)c(Nc2cc(F)ncn2)c1. The highest BCUT2D eigenvalue weighted by molar-refractivity contribution is 5.60. The van der Waals surface area contributed by atoms with Crippen molar-refractivity contribution in [3.8, 4) is 0 Å². The summed E-state index contributed by atoms with van der Waals surface area (Å²) < 4.78 is 12.9. The lowest BCUT2D eigenvalue weighted by Crippen LogP contribution is -1.97. The van der Waals surface area contributed by atoms with E-state index in [2.05, 4.69) is 15.3 Å². The second-order valence-corrected chi connectivity index (χ2v) is 3.67. The van der Waals surface area contributed by atoms with Crippen molar-refractivity contribution in [2.45, 2.75) is 13.8 Å². The van der Waals surface area contributed by atoms with Crippen LogP contribution in [0.3, 0.4) is 0 Å². The van der Waals surface area contributed by atoms with E-state index in [0.717, 1.165) is 16.8 Å². The fourth-order valence-corrected chi connectivity index (χ4v) is 1.41. The molecule has 0 spiro atoms. The number of nitrogens with one attached hydrogen (secondary N) is 1. The molecule has 0 unspecified atom stereocenters. The molecule has 0 amide bonds. The van der Waals surface area contributed by atoms with Crippen LogP contribution in [0.25, 0.3) is 0 Å². The summed E-state index contributed by atoms with van der Waals surface area (Å²) in [5, 5.41) is 3.06. The lowest BCUT2D eigenvalue weighted by molar-refractivity contribution is 0.580. The maximum atomic E-state index is 12.9. The second-order valence-electron chi connectivity index (χ2n) is 3.67. The summed E-state index contributed by atoms with van der Waals surface area (Å²) in [5.41, 5.74) is 3.16. The van der Waals surface area contributed by atoms with E-state index in [1.165, 1.54) is 12.4 Å². The van der Waals surface area contributed by atoms with E-state index in [1.807, 2.05) is 32.0 Å². The van der Waals surface area contributed by atoms with Gasteiger partial charge in [0.15, 0.2) is 0 Å². The quantitative estimate of drug-likeness (QED) is 0.786. The summed E-state index contributed by atoms with van der Waals surface area (Å²) in [7, 11) is 0. The number of halogens is 1. The van der Waals surface area contributed by atoms with Crippen LogP contribution in [0.4, 0.5) is 15.9 Å². The molecular formula is C12H12FN3. The normalized spacial score (nSPS) is 10.2. The van der Waals surface area contributed by atoms with Crippen LogP contribution in [0.15, 0.2) is 30.6 Å². The second kappa shape index (κ2) is 4.26. The van der Waals surface area contributed by atoms with E-state index in [1.54, 1.807) is 0 Å². The summed E-state index contributed by atoms with van der Waals surface area (Å²) >= 11 is 0. The van der Waals surface area contributed by atoms with Crippen molar-refractivity contribution in [3.05, 3.63) is 47.7 Å². The molecule has 0 atom stereocenters. The van der Waals surface area contributed by atoms with E-state index in [-0.39, 0.29) is 0 Å². The smallest absolute Gasteiger partial charge is 0.218 e. The summed E-state index contributed by atoms with van der Waals surface area (Å²) in [4.78, 5) is 7.35. The van der Waals surface area contributed by atoms with Crippen molar-refractivity contribution < 1.29 is 4.39 Å². The Morgan fingerprint density at radius 1 is 1.12 bits per heavy atom. The van der Waals surface area contributed by atoms with Gasteiger partial charge in [-0.25, -0.2) is 9.97 Å². The third kappa shape index (κ3) is 2.34. The number of nitrogens with zero attached hydrogens (tertiary/aromatic N) is 2. The molecule has 1 aromatic carbocycles. The van der Waals surface area contributed by atoms with Gasteiger partial charge < -0.3 is 5.32 Å². The van der Waals surface area contributed by atoms with Gasteiger partial charge in [0.05, 0.1) is 0 Å². The zero-order chi connectivity index (χ0) is 11.5. The molecule has 0 radical (unpaired) electrons. The van der Waals surface area contributed by atoms with Crippen molar-refractivity contribution in [1.29, 1.82) is 0 Å². The Morgan fingerprint density at radius 2 is 1.94 bits per heavy atom. The summed E-state index contributed by atoms with van der Waals surface area (Å²) in [6, 6.07) is 7.30. The highest BCUT2D eigenvalue weighted by Crippen LogP contribution is 2.20. The molecule has 1 N–H and O–H groups in total. The number of aryl methyl sites for hydroxylation is 2. The number of rotatable bonds is 2. The molecule has 16 heavy (non-hydrogen) atoms. The fraction of sp³-hybridized carbons (Fsp3) is 0.167. The molecule has 82 valence electrons. The van der Waals surface area contributed by atoms with Gasteiger partial charge in [0.2, 0.25) is 5.95 Å². The lowest BCUT2D eigenvalue weighted by Gasteiger charge is -2.09. The van der Waals surface area contributed by atoms with Crippen LogP contribution in [0.2, 0.25) is 0 Å². The van der Waals surface area contributed by atoms with Crippen LogP contribution in [0.1, 0.15) is 11.1 Å². The standard InChI is InChI=1S/C12H12FN3/c1-8-3-4-9(2)10(5-8)16-12-6-11(13)14-7-15-12/h3-7H,1-2H3,(H,14,15,16).